The van der Waals surface area contributed by atoms with Crippen LogP contribution in [0.2, 0.25) is 0 Å². The number of rotatable bonds is 6. The topological polar surface area (TPSA) is 76.9 Å². The van der Waals surface area contributed by atoms with E-state index in [2.05, 4.69) is 108 Å². The van der Waals surface area contributed by atoms with E-state index in [-0.39, 0.29) is 31.9 Å². The molecule has 0 amide bonds. The van der Waals surface area contributed by atoms with Gasteiger partial charge in [0.15, 0.2) is 0 Å². The quantitative estimate of drug-likeness (QED) is 0.156. The van der Waals surface area contributed by atoms with Crippen molar-refractivity contribution in [2.45, 2.75) is 39.5 Å². The number of aromatic nitrogens is 4. The monoisotopic (exact) mass is 828 g/mol. The molecule has 0 spiro atoms. The van der Waals surface area contributed by atoms with Crippen molar-refractivity contribution in [2.24, 2.45) is 0 Å². The molecule has 0 atom stereocenters. The van der Waals surface area contributed by atoms with Gasteiger partial charge in [0, 0.05) is 48.4 Å². The van der Waals surface area contributed by atoms with E-state index in [9.17, 15) is 5.26 Å². The van der Waals surface area contributed by atoms with Crippen molar-refractivity contribution in [3.8, 4) is 40.0 Å². The molecule has 3 heterocycles. The van der Waals surface area contributed by atoms with E-state index in [1.807, 2.05) is 35.2 Å². The minimum atomic E-state index is 0. The standard InChI is InChI=1S/C42H31N6O.Ir/c1-25(2)33-19-29(20-34(26(3)4)41(33)47-23-31(22-43)46-42(47)28-9-8-10-30(17-28)44-5)27-13-15-39-35(18-27)36-21-32(14-16-40(36)49-39)48-24-45-37-11-6-7-12-38(37)48;/h6-8,10-21,23-26H,1-4H3;/q-1;. The van der Waals surface area contributed by atoms with E-state index >= 15 is 0 Å². The van der Waals surface area contributed by atoms with Gasteiger partial charge in [0.05, 0.1) is 23.4 Å². The van der Waals surface area contributed by atoms with Crippen molar-refractivity contribution < 1.29 is 24.5 Å². The molecule has 245 valence electrons. The molecule has 0 aliphatic rings. The van der Waals surface area contributed by atoms with Crippen LogP contribution in [0.25, 0.3) is 71.7 Å². The van der Waals surface area contributed by atoms with Gasteiger partial charge in [-0.3, -0.25) is 14.4 Å². The molecule has 3 aromatic heterocycles. The molecule has 0 saturated heterocycles. The summed E-state index contributed by atoms with van der Waals surface area (Å²) in [7, 11) is 0. The molecule has 5 aromatic carbocycles. The Bertz CT molecular complexity index is 2630. The Morgan fingerprint density at radius 3 is 2.28 bits per heavy atom. The number of fused-ring (bicyclic) bond motifs is 4. The fourth-order valence-corrected chi connectivity index (χ4v) is 6.71. The zero-order valence-corrected chi connectivity index (χ0v) is 30.3. The number of imidazole rings is 2. The number of hydrogen-bond donors (Lipinski definition) is 0. The zero-order chi connectivity index (χ0) is 33.8. The van der Waals surface area contributed by atoms with Gasteiger partial charge in [-0.25, -0.2) is 4.98 Å². The van der Waals surface area contributed by atoms with Gasteiger partial charge < -0.3 is 8.98 Å². The van der Waals surface area contributed by atoms with Crippen LogP contribution in [0.3, 0.4) is 0 Å². The molecule has 50 heavy (non-hydrogen) atoms. The summed E-state index contributed by atoms with van der Waals surface area (Å²) in [5, 5.41) is 12.0. The molecule has 8 aromatic rings. The molecule has 0 unspecified atom stereocenters. The van der Waals surface area contributed by atoms with Gasteiger partial charge in [0.2, 0.25) is 0 Å². The number of para-hydroxylation sites is 2. The van der Waals surface area contributed by atoms with E-state index in [1.165, 1.54) is 0 Å². The predicted molar refractivity (Wildman–Crippen MR) is 194 cm³/mol. The van der Waals surface area contributed by atoms with Crippen LogP contribution >= 0.6 is 0 Å². The fraction of sp³-hybridized carbons (Fsp3) is 0.143. The van der Waals surface area contributed by atoms with Crippen molar-refractivity contribution >= 4 is 38.7 Å². The average Bonchev–Trinajstić information content (AvgIpc) is 3.85. The van der Waals surface area contributed by atoms with Gasteiger partial charge in [-0.15, -0.1) is 23.8 Å². The molecule has 7 nitrogen and oxygen atoms in total. The molecule has 0 fully saturated rings. The average molecular weight is 828 g/mol. The third-order valence-electron chi connectivity index (χ3n) is 9.15. The Morgan fingerprint density at radius 2 is 1.56 bits per heavy atom. The van der Waals surface area contributed by atoms with Gasteiger partial charge in [-0.2, -0.15) is 11.3 Å². The maximum atomic E-state index is 9.88. The summed E-state index contributed by atoms with van der Waals surface area (Å²) >= 11 is 0. The van der Waals surface area contributed by atoms with Crippen LogP contribution in [0.1, 0.15) is 56.4 Å². The number of benzene rings is 5. The van der Waals surface area contributed by atoms with Crippen LogP contribution in [0.15, 0.2) is 108 Å². The van der Waals surface area contributed by atoms with E-state index in [4.69, 9.17) is 11.0 Å². The van der Waals surface area contributed by atoms with E-state index in [1.54, 1.807) is 24.4 Å². The Hall–Kier alpha value is -5.79. The fourth-order valence-electron chi connectivity index (χ4n) is 6.71. The van der Waals surface area contributed by atoms with Crippen LogP contribution < -0.4 is 0 Å². The molecule has 8 rings (SSSR count). The summed E-state index contributed by atoms with van der Waals surface area (Å²) < 4.78 is 10.4. The SMILES string of the molecule is [C-]#[N+]c1cc[c-]c(-c2nc(C#N)cn2-c2c(C(C)C)cc(-c3ccc4oc5ccc(-n6cnc7ccccc76)cc5c4c3)cc2C(C)C)c1.[Ir]. The third kappa shape index (κ3) is 5.50. The second kappa shape index (κ2) is 12.9. The first-order valence-electron chi connectivity index (χ1n) is 16.3. The van der Waals surface area contributed by atoms with E-state index < -0.39 is 0 Å². The summed E-state index contributed by atoms with van der Waals surface area (Å²) in [4.78, 5) is 12.9. The summed E-state index contributed by atoms with van der Waals surface area (Å²) in [6, 6.07) is 36.0. The number of nitrogens with zero attached hydrogens (tertiary/aromatic N) is 6. The van der Waals surface area contributed by atoms with Crippen LogP contribution in [0, 0.1) is 24.0 Å². The van der Waals surface area contributed by atoms with Crippen LogP contribution in [0.5, 0.6) is 0 Å². The van der Waals surface area contributed by atoms with E-state index in [0.29, 0.717) is 22.8 Å². The molecule has 0 aliphatic carbocycles. The Kier molecular flexibility index (Phi) is 8.46. The van der Waals surface area contributed by atoms with Crippen LogP contribution in [-0.4, -0.2) is 19.1 Å². The minimum absolute atomic E-state index is 0. The largest absolute Gasteiger partial charge is 0.456 e. The van der Waals surface area contributed by atoms with Gasteiger partial charge in [0.1, 0.15) is 34.9 Å². The molecule has 0 bridgehead atoms. The van der Waals surface area contributed by atoms with Crippen molar-refractivity contribution in [3.05, 3.63) is 138 Å². The van der Waals surface area contributed by atoms with Crippen molar-refractivity contribution in [3.63, 3.8) is 0 Å². The second-order valence-corrected chi connectivity index (χ2v) is 12.9. The maximum absolute atomic E-state index is 9.88. The number of furan rings is 1. The van der Waals surface area contributed by atoms with Crippen molar-refractivity contribution in [1.82, 2.24) is 19.1 Å². The molecule has 0 N–H and O–H groups in total. The van der Waals surface area contributed by atoms with Crippen molar-refractivity contribution in [2.75, 3.05) is 0 Å². The first kappa shape index (κ1) is 32.7. The van der Waals surface area contributed by atoms with Gasteiger partial charge in [0.25, 0.3) is 0 Å². The smallest absolute Gasteiger partial charge is 0.148 e. The van der Waals surface area contributed by atoms with Crippen molar-refractivity contribution in [1.29, 1.82) is 5.26 Å². The molecular weight excluding hydrogens is 797 g/mol. The first-order chi connectivity index (χ1) is 23.8. The summed E-state index contributed by atoms with van der Waals surface area (Å²) in [6.45, 7) is 16.3. The Morgan fingerprint density at radius 1 is 0.840 bits per heavy atom. The minimum Gasteiger partial charge on any atom is -0.456 e. The Labute approximate surface area is 303 Å². The van der Waals surface area contributed by atoms with Gasteiger partial charge >= 0.3 is 0 Å². The molecular formula is C42H31IrN6O-. The summed E-state index contributed by atoms with van der Waals surface area (Å²) in [5.41, 5.74) is 11.6. The van der Waals surface area contributed by atoms with Crippen LogP contribution in [0.4, 0.5) is 5.69 Å². The van der Waals surface area contributed by atoms with E-state index in [0.717, 1.165) is 66.6 Å². The number of hydrogen-bond acceptors (Lipinski definition) is 4. The summed E-state index contributed by atoms with van der Waals surface area (Å²) in [5.74, 6) is 0.919. The third-order valence-corrected chi connectivity index (χ3v) is 9.15. The molecule has 0 saturated carbocycles. The summed E-state index contributed by atoms with van der Waals surface area (Å²) in [6.07, 6.45) is 3.66. The van der Waals surface area contributed by atoms with Gasteiger partial charge in [-0.05, 0) is 88.7 Å². The Balaban J connectivity index is 0.00000392. The molecule has 1 radical (unpaired) electrons. The normalized spacial score (nSPS) is 11.4. The van der Waals surface area contributed by atoms with Gasteiger partial charge in [-0.1, -0.05) is 45.9 Å². The first-order valence-corrected chi connectivity index (χ1v) is 16.3. The molecule has 8 heteroatoms. The van der Waals surface area contributed by atoms with Crippen LogP contribution in [-0.2, 0) is 20.1 Å². The second-order valence-electron chi connectivity index (χ2n) is 12.9. The predicted octanol–water partition coefficient (Wildman–Crippen LogP) is 10.9. The molecule has 0 aliphatic heterocycles. The number of nitriles is 1. The zero-order valence-electron chi connectivity index (χ0n) is 27.9. The maximum Gasteiger partial charge on any atom is 0.148 e.